The molecule has 0 aliphatic carbocycles. The van der Waals surface area contributed by atoms with Gasteiger partial charge in [0.2, 0.25) is 5.91 Å². The van der Waals surface area contributed by atoms with E-state index in [4.69, 9.17) is 0 Å². The van der Waals surface area contributed by atoms with E-state index < -0.39 is 10.0 Å². The quantitative estimate of drug-likeness (QED) is 0.850. The molecule has 1 atom stereocenters. The molecule has 2 aromatic rings. The van der Waals surface area contributed by atoms with Crippen LogP contribution in [0.25, 0.3) is 0 Å². The molecule has 6 nitrogen and oxygen atoms in total. The van der Waals surface area contributed by atoms with Gasteiger partial charge in [-0.15, -0.1) is 15.7 Å². The third-order valence-electron chi connectivity index (χ3n) is 4.19. The zero-order valence-electron chi connectivity index (χ0n) is 14.8. The Bertz CT molecular complexity index is 934. The highest BCUT2D eigenvalue weighted by atomic mass is 32.2. The molecular formula is C18H21N3O3S2. The second kappa shape index (κ2) is 7.20. The van der Waals surface area contributed by atoms with Crippen LogP contribution < -0.4 is 5.32 Å². The molecular weight excluding hydrogens is 370 g/mol. The van der Waals surface area contributed by atoms with Crippen molar-refractivity contribution in [3.63, 3.8) is 0 Å². The molecule has 138 valence electrons. The zero-order valence-corrected chi connectivity index (χ0v) is 16.5. The number of hydrogen-bond donors (Lipinski definition) is 1. The lowest BCUT2D eigenvalue weighted by Crippen LogP contribution is -2.40. The molecule has 0 radical (unpaired) electrons. The van der Waals surface area contributed by atoms with Gasteiger partial charge in [0.1, 0.15) is 4.90 Å². The minimum Gasteiger partial charge on any atom is -0.349 e. The van der Waals surface area contributed by atoms with Gasteiger partial charge in [0.05, 0.1) is 12.6 Å². The van der Waals surface area contributed by atoms with E-state index in [9.17, 15) is 13.2 Å². The average Bonchev–Trinajstić information content (AvgIpc) is 3.19. The normalized spacial score (nSPS) is 16.1. The third kappa shape index (κ3) is 3.66. The van der Waals surface area contributed by atoms with Crippen LogP contribution in [-0.2, 0) is 14.8 Å². The summed E-state index contributed by atoms with van der Waals surface area (Å²) in [4.78, 5) is 15.4. The van der Waals surface area contributed by atoms with Crippen LogP contribution in [-0.4, -0.2) is 38.7 Å². The molecule has 1 aliphatic heterocycles. The smallest absolute Gasteiger partial charge is 0.285 e. The van der Waals surface area contributed by atoms with Gasteiger partial charge in [-0.25, -0.2) is 0 Å². The highest BCUT2D eigenvalue weighted by Gasteiger charge is 2.31. The van der Waals surface area contributed by atoms with Crippen LogP contribution in [0.5, 0.6) is 0 Å². The lowest BCUT2D eigenvalue weighted by atomic mass is 10.0. The van der Waals surface area contributed by atoms with Crippen molar-refractivity contribution in [3.8, 4) is 0 Å². The van der Waals surface area contributed by atoms with Crippen molar-refractivity contribution < 1.29 is 13.2 Å². The molecule has 3 rings (SSSR count). The Kier molecular flexibility index (Phi) is 5.15. The summed E-state index contributed by atoms with van der Waals surface area (Å²) in [7, 11) is -2.02. The Labute approximate surface area is 157 Å². The Morgan fingerprint density at radius 1 is 1.23 bits per heavy atom. The number of nitrogens with one attached hydrogen (secondary N) is 1. The lowest BCUT2D eigenvalue weighted by Gasteiger charge is -2.24. The number of amidine groups is 1. The van der Waals surface area contributed by atoms with Crippen LogP contribution >= 0.6 is 11.3 Å². The molecule has 0 spiro atoms. The molecule has 2 heterocycles. The maximum Gasteiger partial charge on any atom is 0.285 e. The molecule has 0 unspecified atom stereocenters. The Balaban J connectivity index is 1.74. The van der Waals surface area contributed by atoms with E-state index in [0.29, 0.717) is 11.4 Å². The molecule has 26 heavy (non-hydrogen) atoms. The first-order valence-corrected chi connectivity index (χ1v) is 10.6. The monoisotopic (exact) mass is 391 g/mol. The van der Waals surface area contributed by atoms with Crippen LogP contribution in [0.2, 0.25) is 0 Å². The van der Waals surface area contributed by atoms with Gasteiger partial charge < -0.3 is 10.2 Å². The van der Waals surface area contributed by atoms with E-state index >= 15 is 0 Å². The maximum absolute atomic E-state index is 12.5. The van der Waals surface area contributed by atoms with Crippen LogP contribution in [0.15, 0.2) is 51.1 Å². The molecule has 0 fully saturated rings. The minimum absolute atomic E-state index is 0.0251. The lowest BCUT2D eigenvalue weighted by molar-refractivity contribution is -0.122. The predicted octanol–water partition coefficient (Wildman–Crippen LogP) is 2.64. The summed E-state index contributed by atoms with van der Waals surface area (Å²) in [6.45, 7) is 4.13. The SMILES string of the molecule is CC(C)[C@@H](NC(=O)CN(C)C1=NS(=O)(=O)c2ccccc21)c1cccs1. The number of fused-ring (bicyclic) bond motifs is 1. The first-order valence-electron chi connectivity index (χ1n) is 8.28. The molecule has 1 aliphatic rings. The largest absolute Gasteiger partial charge is 0.349 e. The second-order valence-corrected chi connectivity index (χ2v) is 9.10. The molecule has 8 heteroatoms. The number of rotatable bonds is 5. The van der Waals surface area contributed by atoms with Crippen LogP contribution in [0.4, 0.5) is 0 Å². The van der Waals surface area contributed by atoms with E-state index in [2.05, 4.69) is 23.6 Å². The topological polar surface area (TPSA) is 78.8 Å². The van der Waals surface area contributed by atoms with Crippen molar-refractivity contribution in [2.75, 3.05) is 13.6 Å². The van der Waals surface area contributed by atoms with Gasteiger partial charge >= 0.3 is 0 Å². The van der Waals surface area contributed by atoms with Crippen molar-refractivity contribution in [2.45, 2.75) is 24.8 Å². The fraction of sp³-hybridized carbons (Fsp3) is 0.333. The number of amides is 1. The number of likely N-dealkylation sites (N-methyl/N-ethyl adjacent to an activating group) is 1. The van der Waals surface area contributed by atoms with Gasteiger partial charge in [0.25, 0.3) is 10.0 Å². The summed E-state index contributed by atoms with van der Waals surface area (Å²) in [6.07, 6.45) is 0. The Hall–Kier alpha value is -2.19. The number of carbonyl (C=O) groups excluding carboxylic acids is 1. The van der Waals surface area contributed by atoms with Crippen molar-refractivity contribution in [2.24, 2.45) is 10.3 Å². The van der Waals surface area contributed by atoms with Crippen molar-refractivity contribution >= 4 is 33.1 Å². The molecule has 0 saturated heterocycles. The molecule has 0 saturated carbocycles. The molecule has 1 aromatic heterocycles. The fourth-order valence-electron chi connectivity index (χ4n) is 2.91. The van der Waals surface area contributed by atoms with Gasteiger partial charge in [-0.3, -0.25) is 4.79 Å². The van der Waals surface area contributed by atoms with E-state index in [-0.39, 0.29) is 29.3 Å². The van der Waals surface area contributed by atoms with Gasteiger partial charge in [-0.2, -0.15) is 8.42 Å². The number of nitrogens with zero attached hydrogens (tertiary/aromatic N) is 2. The Morgan fingerprint density at radius 2 is 1.96 bits per heavy atom. The first kappa shape index (κ1) is 18.6. The number of hydrogen-bond acceptors (Lipinski definition) is 5. The molecule has 1 N–H and O–H groups in total. The van der Waals surface area contributed by atoms with Crippen LogP contribution in [0.3, 0.4) is 0 Å². The number of carbonyl (C=O) groups is 1. The summed E-state index contributed by atoms with van der Waals surface area (Å²) in [5, 5.41) is 5.03. The number of thiophene rings is 1. The number of sulfonamides is 1. The highest BCUT2D eigenvalue weighted by Crippen LogP contribution is 2.28. The van der Waals surface area contributed by atoms with Crippen molar-refractivity contribution in [1.82, 2.24) is 10.2 Å². The predicted molar refractivity (Wildman–Crippen MR) is 103 cm³/mol. The van der Waals surface area contributed by atoms with Gasteiger partial charge in [0, 0.05) is 17.5 Å². The van der Waals surface area contributed by atoms with Crippen molar-refractivity contribution in [3.05, 3.63) is 52.2 Å². The Morgan fingerprint density at radius 3 is 2.62 bits per heavy atom. The van der Waals surface area contributed by atoms with Gasteiger partial charge in [-0.1, -0.05) is 32.0 Å². The van der Waals surface area contributed by atoms with Crippen LogP contribution in [0, 0.1) is 5.92 Å². The van der Waals surface area contributed by atoms with E-state index in [0.717, 1.165) is 4.88 Å². The summed E-state index contributed by atoms with van der Waals surface area (Å²) >= 11 is 1.60. The summed E-state index contributed by atoms with van der Waals surface area (Å²) in [6, 6.07) is 10.5. The summed E-state index contributed by atoms with van der Waals surface area (Å²) < 4.78 is 28.2. The average molecular weight is 392 g/mol. The summed E-state index contributed by atoms with van der Waals surface area (Å²) in [5.41, 5.74) is 0.529. The second-order valence-electron chi connectivity index (χ2n) is 6.55. The standard InChI is InChI=1S/C18H21N3O3S2/c1-12(2)17(14-8-6-10-25-14)19-16(22)11-21(3)18-13-7-4-5-9-15(13)26(23,24)20-18/h4-10,12,17H,11H2,1-3H3,(H,19,22)/t17-/m1/s1. The van der Waals surface area contributed by atoms with E-state index in [1.54, 1.807) is 41.5 Å². The minimum atomic E-state index is -3.69. The maximum atomic E-state index is 12.5. The van der Waals surface area contributed by atoms with E-state index in [1.165, 1.54) is 6.07 Å². The van der Waals surface area contributed by atoms with Crippen molar-refractivity contribution in [1.29, 1.82) is 0 Å². The zero-order chi connectivity index (χ0) is 18.9. The van der Waals surface area contributed by atoms with Crippen LogP contribution in [0.1, 0.15) is 30.3 Å². The molecule has 1 amide bonds. The van der Waals surface area contributed by atoms with Gasteiger partial charge in [-0.05, 0) is 29.5 Å². The molecule has 0 bridgehead atoms. The first-order chi connectivity index (χ1) is 12.3. The van der Waals surface area contributed by atoms with E-state index in [1.807, 2.05) is 17.5 Å². The summed E-state index contributed by atoms with van der Waals surface area (Å²) in [5.74, 6) is 0.366. The fourth-order valence-corrected chi connectivity index (χ4v) is 5.11. The third-order valence-corrected chi connectivity index (χ3v) is 6.47. The highest BCUT2D eigenvalue weighted by molar-refractivity contribution is 7.90. The number of benzene rings is 1. The molecule has 1 aromatic carbocycles. The van der Waals surface area contributed by atoms with Gasteiger partial charge in [0.15, 0.2) is 5.84 Å².